The summed E-state index contributed by atoms with van der Waals surface area (Å²) in [5.41, 5.74) is 0.709. The number of hydrogen-bond acceptors (Lipinski definition) is 5. The highest BCUT2D eigenvalue weighted by Gasteiger charge is 2.36. The molecule has 1 fully saturated rings. The Balaban J connectivity index is 1.90. The largest absolute Gasteiger partial charge is 0.494 e. The van der Waals surface area contributed by atoms with Gasteiger partial charge in [0.2, 0.25) is 0 Å². The molecule has 0 aromatic heterocycles. The Kier molecular flexibility index (Phi) is 6.54. The van der Waals surface area contributed by atoms with E-state index in [0.29, 0.717) is 33.8 Å². The monoisotopic (exact) mass is 468 g/mol. The first-order valence-electron chi connectivity index (χ1n) is 8.94. The predicted octanol–water partition coefficient (Wildman–Crippen LogP) is 3.53. The molecule has 2 aromatic rings. The molecule has 152 valence electrons. The zero-order valence-electron chi connectivity index (χ0n) is 16.0. The number of imide groups is 2. The van der Waals surface area contributed by atoms with E-state index in [-0.39, 0.29) is 12.2 Å². The molecule has 0 unspecified atom stereocenters. The Bertz CT molecular complexity index is 1070. The van der Waals surface area contributed by atoms with Crippen molar-refractivity contribution in [1.82, 2.24) is 5.32 Å². The molecule has 4 amide bonds. The first-order chi connectivity index (χ1) is 14.4. The van der Waals surface area contributed by atoms with Crippen LogP contribution in [0.5, 0.6) is 11.5 Å². The Morgan fingerprint density at radius 3 is 2.50 bits per heavy atom. The minimum atomic E-state index is -0.814. The van der Waals surface area contributed by atoms with Crippen molar-refractivity contribution in [2.45, 2.75) is 6.92 Å². The number of amides is 4. The highest BCUT2D eigenvalue weighted by Crippen LogP contribution is 2.28. The van der Waals surface area contributed by atoms with E-state index in [9.17, 15) is 14.4 Å². The van der Waals surface area contributed by atoms with Gasteiger partial charge in [0.05, 0.1) is 16.8 Å². The van der Waals surface area contributed by atoms with Crippen LogP contribution in [0.15, 0.2) is 52.5 Å². The summed E-state index contributed by atoms with van der Waals surface area (Å²) in [5.74, 6) is 2.01. The second kappa shape index (κ2) is 9.29. The van der Waals surface area contributed by atoms with Crippen LogP contribution in [0.3, 0.4) is 0 Å². The molecular weight excluding hydrogens is 452 g/mol. The first kappa shape index (κ1) is 21.1. The van der Waals surface area contributed by atoms with Gasteiger partial charge in [-0.05, 0) is 70.9 Å². The van der Waals surface area contributed by atoms with Crippen LogP contribution in [-0.4, -0.2) is 31.1 Å². The standard InChI is InChI=1S/C22H17BrN2O5/c1-3-11-30-19-10-5-14(13-18(19)23)12-17-20(26)24-22(28)25(21(17)27)15-6-8-16(9-7-15)29-4-2/h1,5-10,12-13H,4,11H2,2H3,(H,24,26,28). The summed E-state index contributed by atoms with van der Waals surface area (Å²) in [5, 5.41) is 2.19. The smallest absolute Gasteiger partial charge is 0.335 e. The normalized spacial score (nSPS) is 15.0. The van der Waals surface area contributed by atoms with Crippen molar-refractivity contribution in [2.24, 2.45) is 0 Å². The summed E-state index contributed by atoms with van der Waals surface area (Å²) >= 11 is 3.37. The Morgan fingerprint density at radius 1 is 1.13 bits per heavy atom. The average molecular weight is 469 g/mol. The summed E-state index contributed by atoms with van der Waals surface area (Å²) in [7, 11) is 0. The number of halogens is 1. The number of carbonyl (C=O) groups excluding carboxylic acids is 3. The molecule has 0 aliphatic carbocycles. The lowest BCUT2D eigenvalue weighted by atomic mass is 10.1. The molecule has 1 N–H and O–H groups in total. The van der Waals surface area contributed by atoms with Crippen LogP contribution in [0, 0.1) is 12.3 Å². The lowest BCUT2D eigenvalue weighted by Crippen LogP contribution is -2.54. The molecule has 2 aromatic carbocycles. The third-order valence-corrected chi connectivity index (χ3v) is 4.71. The maximum absolute atomic E-state index is 12.9. The average Bonchev–Trinajstić information content (AvgIpc) is 2.72. The van der Waals surface area contributed by atoms with Crippen LogP contribution in [0.1, 0.15) is 12.5 Å². The van der Waals surface area contributed by atoms with E-state index >= 15 is 0 Å². The molecular formula is C22H17BrN2O5. The van der Waals surface area contributed by atoms with E-state index in [1.807, 2.05) is 6.92 Å². The third kappa shape index (κ3) is 4.53. The fourth-order valence-corrected chi connectivity index (χ4v) is 3.27. The minimum absolute atomic E-state index is 0.110. The van der Waals surface area contributed by atoms with E-state index in [1.54, 1.807) is 42.5 Å². The number of terminal acetylenes is 1. The maximum Gasteiger partial charge on any atom is 0.335 e. The number of benzene rings is 2. The number of urea groups is 1. The SMILES string of the molecule is C#CCOc1ccc(C=C2C(=O)NC(=O)N(c3ccc(OCC)cc3)C2=O)cc1Br. The molecule has 0 spiro atoms. The summed E-state index contributed by atoms with van der Waals surface area (Å²) in [6.07, 6.45) is 6.59. The summed E-state index contributed by atoms with van der Waals surface area (Å²) < 4.78 is 11.4. The molecule has 1 saturated heterocycles. The van der Waals surface area contributed by atoms with Crippen LogP contribution in [0.2, 0.25) is 0 Å². The lowest BCUT2D eigenvalue weighted by molar-refractivity contribution is -0.122. The van der Waals surface area contributed by atoms with E-state index < -0.39 is 17.8 Å². The van der Waals surface area contributed by atoms with Crippen molar-refractivity contribution >= 4 is 45.5 Å². The number of nitrogens with zero attached hydrogens (tertiary/aromatic N) is 1. The molecule has 30 heavy (non-hydrogen) atoms. The molecule has 0 bridgehead atoms. The molecule has 0 saturated carbocycles. The zero-order chi connectivity index (χ0) is 21.7. The van der Waals surface area contributed by atoms with Crippen LogP contribution < -0.4 is 19.7 Å². The highest BCUT2D eigenvalue weighted by molar-refractivity contribution is 9.10. The van der Waals surface area contributed by atoms with Crippen molar-refractivity contribution in [1.29, 1.82) is 0 Å². The van der Waals surface area contributed by atoms with Gasteiger partial charge in [-0.1, -0.05) is 12.0 Å². The van der Waals surface area contributed by atoms with Crippen LogP contribution >= 0.6 is 15.9 Å². The minimum Gasteiger partial charge on any atom is -0.494 e. The van der Waals surface area contributed by atoms with E-state index in [0.717, 1.165) is 4.90 Å². The van der Waals surface area contributed by atoms with Gasteiger partial charge in [-0.25, -0.2) is 9.69 Å². The summed E-state index contributed by atoms with van der Waals surface area (Å²) in [6, 6.07) is 10.6. The van der Waals surface area contributed by atoms with Crippen molar-refractivity contribution in [3.05, 3.63) is 58.1 Å². The maximum atomic E-state index is 12.9. The second-order valence-electron chi connectivity index (χ2n) is 6.07. The molecule has 1 heterocycles. The molecule has 8 heteroatoms. The number of anilines is 1. The molecule has 0 atom stereocenters. The number of rotatable bonds is 6. The van der Waals surface area contributed by atoms with Gasteiger partial charge in [0.1, 0.15) is 23.7 Å². The number of barbiturate groups is 1. The Morgan fingerprint density at radius 2 is 1.87 bits per heavy atom. The fourth-order valence-electron chi connectivity index (χ4n) is 2.76. The van der Waals surface area contributed by atoms with Crippen molar-refractivity contribution in [3.63, 3.8) is 0 Å². The van der Waals surface area contributed by atoms with Gasteiger partial charge >= 0.3 is 6.03 Å². The summed E-state index contributed by atoms with van der Waals surface area (Å²) in [6.45, 7) is 2.45. The Hall–Kier alpha value is -3.57. The molecule has 1 aliphatic rings. The number of carbonyl (C=O) groups is 3. The topological polar surface area (TPSA) is 84.9 Å². The van der Waals surface area contributed by atoms with Gasteiger partial charge in [0, 0.05) is 0 Å². The number of hydrogen-bond donors (Lipinski definition) is 1. The van der Waals surface area contributed by atoms with E-state index in [1.165, 1.54) is 6.08 Å². The van der Waals surface area contributed by atoms with Crippen molar-refractivity contribution in [3.8, 4) is 23.8 Å². The van der Waals surface area contributed by atoms with Gasteiger partial charge in [-0.3, -0.25) is 14.9 Å². The quantitative estimate of drug-likeness (QED) is 0.398. The highest BCUT2D eigenvalue weighted by atomic mass is 79.9. The molecule has 1 aliphatic heterocycles. The molecule has 0 radical (unpaired) electrons. The van der Waals surface area contributed by atoms with Crippen LogP contribution in [0.25, 0.3) is 6.08 Å². The van der Waals surface area contributed by atoms with Crippen LogP contribution in [0.4, 0.5) is 10.5 Å². The number of ether oxygens (including phenoxy) is 2. The molecule has 3 rings (SSSR count). The third-order valence-electron chi connectivity index (χ3n) is 4.09. The zero-order valence-corrected chi connectivity index (χ0v) is 17.6. The summed E-state index contributed by atoms with van der Waals surface area (Å²) in [4.78, 5) is 38.4. The number of nitrogens with one attached hydrogen (secondary N) is 1. The van der Waals surface area contributed by atoms with Gasteiger partial charge in [0.25, 0.3) is 11.8 Å². The van der Waals surface area contributed by atoms with E-state index in [4.69, 9.17) is 15.9 Å². The lowest BCUT2D eigenvalue weighted by Gasteiger charge is -2.26. The van der Waals surface area contributed by atoms with Gasteiger partial charge in [-0.15, -0.1) is 6.42 Å². The van der Waals surface area contributed by atoms with Gasteiger partial charge < -0.3 is 9.47 Å². The van der Waals surface area contributed by atoms with Gasteiger partial charge in [0.15, 0.2) is 0 Å². The van der Waals surface area contributed by atoms with E-state index in [2.05, 4.69) is 27.2 Å². The predicted molar refractivity (Wildman–Crippen MR) is 115 cm³/mol. The van der Waals surface area contributed by atoms with Crippen molar-refractivity contribution in [2.75, 3.05) is 18.1 Å². The first-order valence-corrected chi connectivity index (χ1v) is 9.74. The second-order valence-corrected chi connectivity index (χ2v) is 6.92. The Labute approximate surface area is 181 Å². The van der Waals surface area contributed by atoms with Crippen molar-refractivity contribution < 1.29 is 23.9 Å². The molecule has 7 nitrogen and oxygen atoms in total. The fraction of sp³-hybridized carbons (Fsp3) is 0.136. The van der Waals surface area contributed by atoms with Gasteiger partial charge in [-0.2, -0.15) is 0 Å². The van der Waals surface area contributed by atoms with Crippen LogP contribution in [-0.2, 0) is 9.59 Å².